The predicted molar refractivity (Wildman–Crippen MR) is 83.7 cm³/mol. The van der Waals surface area contributed by atoms with Gasteiger partial charge in [0.15, 0.2) is 5.82 Å². The van der Waals surface area contributed by atoms with Crippen molar-refractivity contribution in [1.82, 2.24) is 15.5 Å². The lowest BCUT2D eigenvalue weighted by molar-refractivity contribution is 0.416. The van der Waals surface area contributed by atoms with E-state index >= 15 is 0 Å². The van der Waals surface area contributed by atoms with E-state index in [0.29, 0.717) is 28.3 Å². The summed E-state index contributed by atoms with van der Waals surface area (Å²) in [7, 11) is 0. The van der Waals surface area contributed by atoms with Crippen LogP contribution >= 0.6 is 23.2 Å². The molecule has 1 N–H and O–H groups in total. The second-order valence-corrected chi connectivity index (χ2v) is 5.56. The highest BCUT2D eigenvalue weighted by molar-refractivity contribution is 6.42. The molecule has 0 spiro atoms. The number of rotatable bonds is 5. The molecule has 0 aliphatic carbocycles. The Bertz CT molecular complexity index is 756. The van der Waals surface area contributed by atoms with Gasteiger partial charge < -0.3 is 14.3 Å². The first-order valence-corrected chi connectivity index (χ1v) is 7.43. The Kier molecular flexibility index (Phi) is 4.47. The third-order valence-corrected chi connectivity index (χ3v) is 4.08. The van der Waals surface area contributed by atoms with Crippen LogP contribution in [0.5, 0.6) is 0 Å². The SMILES string of the molecule is CC(NCc1noc(-c2ccoc2)n1)c1cccc(Cl)c1Cl. The molecule has 5 nitrogen and oxygen atoms in total. The summed E-state index contributed by atoms with van der Waals surface area (Å²) in [6, 6.07) is 7.32. The van der Waals surface area contributed by atoms with Crippen molar-refractivity contribution in [2.24, 2.45) is 0 Å². The van der Waals surface area contributed by atoms with Crippen LogP contribution in [0.4, 0.5) is 0 Å². The molecule has 114 valence electrons. The van der Waals surface area contributed by atoms with Gasteiger partial charge in [-0.2, -0.15) is 4.98 Å². The van der Waals surface area contributed by atoms with Crippen LogP contribution in [-0.4, -0.2) is 10.1 Å². The Morgan fingerprint density at radius 2 is 2.14 bits per heavy atom. The van der Waals surface area contributed by atoms with Crippen LogP contribution in [0.25, 0.3) is 11.5 Å². The average Bonchev–Trinajstić information content (AvgIpc) is 3.18. The topological polar surface area (TPSA) is 64.1 Å². The van der Waals surface area contributed by atoms with E-state index in [4.69, 9.17) is 32.1 Å². The zero-order valence-corrected chi connectivity index (χ0v) is 13.2. The number of aromatic nitrogens is 2. The molecule has 1 atom stereocenters. The summed E-state index contributed by atoms with van der Waals surface area (Å²) < 4.78 is 10.2. The highest BCUT2D eigenvalue weighted by Gasteiger charge is 2.14. The maximum Gasteiger partial charge on any atom is 0.261 e. The lowest BCUT2D eigenvalue weighted by atomic mass is 10.1. The Morgan fingerprint density at radius 3 is 2.91 bits per heavy atom. The van der Waals surface area contributed by atoms with Gasteiger partial charge in [0.05, 0.1) is 28.4 Å². The van der Waals surface area contributed by atoms with Gasteiger partial charge in [-0.1, -0.05) is 40.5 Å². The van der Waals surface area contributed by atoms with Gasteiger partial charge in [-0.15, -0.1) is 0 Å². The van der Waals surface area contributed by atoms with Gasteiger partial charge in [-0.3, -0.25) is 0 Å². The van der Waals surface area contributed by atoms with Crippen LogP contribution in [0.1, 0.15) is 24.4 Å². The number of hydrogen-bond donors (Lipinski definition) is 1. The molecular formula is C15H13Cl2N3O2. The molecule has 1 unspecified atom stereocenters. The summed E-state index contributed by atoms with van der Waals surface area (Å²) in [5.41, 5.74) is 1.68. The molecule has 0 fully saturated rings. The normalized spacial score (nSPS) is 12.5. The lowest BCUT2D eigenvalue weighted by Crippen LogP contribution is -2.19. The van der Waals surface area contributed by atoms with E-state index in [1.165, 1.54) is 0 Å². The molecule has 2 heterocycles. The van der Waals surface area contributed by atoms with Gasteiger partial charge in [-0.25, -0.2) is 0 Å². The quantitative estimate of drug-likeness (QED) is 0.743. The van der Waals surface area contributed by atoms with Crippen molar-refractivity contribution in [1.29, 1.82) is 0 Å². The van der Waals surface area contributed by atoms with Crippen molar-refractivity contribution in [2.45, 2.75) is 19.5 Å². The first kappa shape index (κ1) is 15.1. The van der Waals surface area contributed by atoms with E-state index in [0.717, 1.165) is 11.1 Å². The summed E-state index contributed by atoms with van der Waals surface area (Å²) in [5, 5.41) is 8.31. The highest BCUT2D eigenvalue weighted by atomic mass is 35.5. The summed E-state index contributed by atoms with van der Waals surface area (Å²) >= 11 is 12.2. The van der Waals surface area contributed by atoms with Gasteiger partial charge in [-0.05, 0) is 24.6 Å². The van der Waals surface area contributed by atoms with Crippen LogP contribution in [-0.2, 0) is 6.54 Å². The van der Waals surface area contributed by atoms with E-state index in [9.17, 15) is 0 Å². The van der Waals surface area contributed by atoms with Crippen LogP contribution in [0, 0.1) is 0 Å². The maximum absolute atomic E-state index is 6.21. The molecule has 2 aromatic heterocycles. The molecule has 1 aromatic carbocycles. The molecule has 7 heteroatoms. The molecule has 22 heavy (non-hydrogen) atoms. The summed E-state index contributed by atoms with van der Waals surface area (Å²) in [6.07, 6.45) is 3.11. The lowest BCUT2D eigenvalue weighted by Gasteiger charge is -2.15. The highest BCUT2D eigenvalue weighted by Crippen LogP contribution is 2.29. The third kappa shape index (κ3) is 3.16. The second kappa shape index (κ2) is 6.52. The number of benzene rings is 1. The Labute approximate surface area is 137 Å². The summed E-state index contributed by atoms with van der Waals surface area (Å²) in [4.78, 5) is 4.30. The van der Waals surface area contributed by atoms with Crippen molar-refractivity contribution in [3.8, 4) is 11.5 Å². The van der Waals surface area contributed by atoms with Crippen LogP contribution in [0.15, 0.2) is 45.7 Å². The van der Waals surface area contributed by atoms with Crippen molar-refractivity contribution in [2.75, 3.05) is 0 Å². The fraction of sp³-hybridized carbons (Fsp3) is 0.200. The molecular weight excluding hydrogens is 325 g/mol. The summed E-state index contributed by atoms with van der Waals surface area (Å²) in [5.74, 6) is 0.986. The molecule has 0 saturated heterocycles. The minimum absolute atomic E-state index is 0.00192. The average molecular weight is 338 g/mol. The van der Waals surface area contributed by atoms with Crippen LogP contribution < -0.4 is 5.32 Å². The predicted octanol–water partition coefficient (Wildman–Crippen LogP) is 4.49. The molecule has 0 saturated carbocycles. The van der Waals surface area contributed by atoms with Crippen LogP contribution in [0.2, 0.25) is 10.0 Å². The molecule has 3 rings (SSSR count). The zero-order chi connectivity index (χ0) is 15.5. The maximum atomic E-state index is 6.21. The van der Waals surface area contributed by atoms with Crippen molar-refractivity contribution in [3.05, 3.63) is 58.2 Å². The molecule has 0 aliphatic rings. The second-order valence-electron chi connectivity index (χ2n) is 4.77. The molecule has 0 bridgehead atoms. The Balaban J connectivity index is 1.66. The number of nitrogens with zero attached hydrogens (tertiary/aromatic N) is 2. The number of halogens is 2. The standard InChI is InChI=1S/C15H13Cl2N3O2/c1-9(11-3-2-4-12(16)14(11)17)18-7-13-19-15(22-20-13)10-5-6-21-8-10/h2-6,8-9,18H,7H2,1H3. The number of furan rings is 1. The fourth-order valence-electron chi connectivity index (χ4n) is 2.04. The van der Waals surface area contributed by atoms with E-state index in [1.54, 1.807) is 24.7 Å². The smallest absolute Gasteiger partial charge is 0.261 e. The van der Waals surface area contributed by atoms with E-state index in [1.807, 2.05) is 19.1 Å². The van der Waals surface area contributed by atoms with Crippen molar-refractivity contribution < 1.29 is 8.94 Å². The largest absolute Gasteiger partial charge is 0.472 e. The van der Waals surface area contributed by atoms with E-state index in [-0.39, 0.29) is 6.04 Å². The third-order valence-electron chi connectivity index (χ3n) is 3.25. The van der Waals surface area contributed by atoms with Gasteiger partial charge in [0, 0.05) is 6.04 Å². The minimum Gasteiger partial charge on any atom is -0.472 e. The first-order chi connectivity index (χ1) is 10.6. The number of hydrogen-bond acceptors (Lipinski definition) is 5. The Morgan fingerprint density at radius 1 is 1.27 bits per heavy atom. The molecule has 0 radical (unpaired) electrons. The Hall–Kier alpha value is -1.82. The first-order valence-electron chi connectivity index (χ1n) is 6.67. The number of nitrogens with one attached hydrogen (secondary N) is 1. The fourth-order valence-corrected chi connectivity index (χ4v) is 2.51. The molecule has 3 aromatic rings. The molecule has 0 amide bonds. The van der Waals surface area contributed by atoms with Gasteiger partial charge in [0.1, 0.15) is 6.26 Å². The van der Waals surface area contributed by atoms with Gasteiger partial charge >= 0.3 is 0 Å². The zero-order valence-electron chi connectivity index (χ0n) is 11.7. The summed E-state index contributed by atoms with van der Waals surface area (Å²) in [6.45, 7) is 2.44. The van der Waals surface area contributed by atoms with Gasteiger partial charge in [0.2, 0.25) is 0 Å². The minimum atomic E-state index is 0.00192. The van der Waals surface area contributed by atoms with Crippen LogP contribution in [0.3, 0.4) is 0 Å². The van der Waals surface area contributed by atoms with Crippen molar-refractivity contribution >= 4 is 23.2 Å². The van der Waals surface area contributed by atoms with E-state index in [2.05, 4.69) is 15.5 Å². The van der Waals surface area contributed by atoms with E-state index < -0.39 is 0 Å². The van der Waals surface area contributed by atoms with Gasteiger partial charge in [0.25, 0.3) is 5.89 Å². The monoisotopic (exact) mass is 337 g/mol. The van der Waals surface area contributed by atoms with Crippen molar-refractivity contribution in [3.63, 3.8) is 0 Å². The molecule has 0 aliphatic heterocycles.